The second kappa shape index (κ2) is 12.2. The largest absolute Gasteiger partial charge is 0.496 e. The van der Waals surface area contributed by atoms with Crippen molar-refractivity contribution in [3.8, 4) is 5.75 Å². The Labute approximate surface area is 272 Å². The van der Waals surface area contributed by atoms with Crippen LogP contribution in [0.25, 0.3) is 0 Å². The smallest absolute Gasteiger partial charge is 0.482 e. The zero-order valence-corrected chi connectivity index (χ0v) is 28.0. The number of nitrogens with one attached hydrogen (secondary N) is 1. The fourth-order valence-electron chi connectivity index (χ4n) is 7.77. The van der Waals surface area contributed by atoms with E-state index in [0.29, 0.717) is 41.7 Å². The maximum atomic E-state index is 13.8. The van der Waals surface area contributed by atoms with Gasteiger partial charge in [-0.1, -0.05) is 44.2 Å². The molecule has 1 N–H and O–H groups in total. The number of carbonyl (C=O) groups excluding carboxylic acids is 2. The van der Waals surface area contributed by atoms with Gasteiger partial charge >= 0.3 is 13.1 Å². The minimum absolute atomic E-state index is 0.0431. The minimum Gasteiger partial charge on any atom is -0.496 e. The number of rotatable bonds is 9. The number of benzene rings is 2. The highest BCUT2D eigenvalue weighted by Crippen LogP contribution is 2.65. The Morgan fingerprint density at radius 1 is 1.02 bits per heavy atom. The monoisotopic (exact) mass is 625 g/mol. The molecule has 0 spiro atoms. The number of methoxy groups -OCH3 is 1. The SMILES string of the molecule is COc1c(CC(NC(=O)c2ccc(C[n+]3ccccc3)cc2)B2OC3CC4CC(C4(C)C)C3(C)O2)cccc1C(=O)OC(C)(C)C. The molecule has 1 saturated heterocycles. The van der Waals surface area contributed by atoms with Gasteiger partial charge in [0.2, 0.25) is 0 Å². The number of carbonyl (C=O) groups is 2. The summed E-state index contributed by atoms with van der Waals surface area (Å²) in [5.74, 6) is 0.174. The molecule has 3 aliphatic carbocycles. The fourth-order valence-corrected chi connectivity index (χ4v) is 7.77. The lowest BCUT2D eigenvalue weighted by Gasteiger charge is -2.64. The lowest BCUT2D eigenvalue weighted by atomic mass is 9.43. The van der Waals surface area contributed by atoms with Crippen LogP contribution in [0.4, 0.5) is 0 Å². The zero-order valence-electron chi connectivity index (χ0n) is 28.0. The van der Waals surface area contributed by atoms with Gasteiger partial charge < -0.3 is 24.1 Å². The molecule has 4 fully saturated rings. The number of esters is 1. The van der Waals surface area contributed by atoms with E-state index in [2.05, 4.69) is 30.7 Å². The molecule has 2 aromatic carbocycles. The molecule has 2 bridgehead atoms. The fraction of sp³-hybridized carbons (Fsp3) is 0.486. The molecule has 7 rings (SSSR count). The van der Waals surface area contributed by atoms with E-state index in [1.807, 2.05) is 87.8 Å². The summed E-state index contributed by atoms with van der Waals surface area (Å²) >= 11 is 0. The van der Waals surface area contributed by atoms with Gasteiger partial charge in [0.25, 0.3) is 5.91 Å². The molecule has 1 aliphatic heterocycles. The van der Waals surface area contributed by atoms with Gasteiger partial charge in [-0.2, -0.15) is 0 Å². The van der Waals surface area contributed by atoms with Crippen molar-refractivity contribution in [1.82, 2.24) is 5.32 Å². The topological polar surface area (TPSA) is 87.0 Å². The van der Waals surface area contributed by atoms with Gasteiger partial charge in [-0.15, -0.1) is 0 Å². The first-order chi connectivity index (χ1) is 21.8. The van der Waals surface area contributed by atoms with E-state index in [1.165, 1.54) is 0 Å². The van der Waals surface area contributed by atoms with Gasteiger partial charge in [-0.3, -0.25) is 4.79 Å². The summed E-state index contributed by atoms with van der Waals surface area (Å²) in [7, 11) is 0.876. The summed E-state index contributed by atoms with van der Waals surface area (Å²) in [6.07, 6.45) is 6.39. The van der Waals surface area contributed by atoms with Crippen LogP contribution in [0, 0.1) is 17.3 Å². The number of amides is 1. The number of para-hydroxylation sites is 1. The van der Waals surface area contributed by atoms with Crippen LogP contribution in [-0.2, 0) is 27.0 Å². The van der Waals surface area contributed by atoms with Crippen LogP contribution in [0.1, 0.15) is 86.2 Å². The quantitative estimate of drug-likeness (QED) is 0.190. The molecular formula is C37H46BN2O6+. The summed E-state index contributed by atoms with van der Waals surface area (Å²) in [6.45, 7) is 13.0. The van der Waals surface area contributed by atoms with Gasteiger partial charge in [0, 0.05) is 23.3 Å². The van der Waals surface area contributed by atoms with E-state index in [4.69, 9.17) is 18.8 Å². The van der Waals surface area contributed by atoms with Crippen LogP contribution in [0.15, 0.2) is 73.1 Å². The average Bonchev–Trinajstić information content (AvgIpc) is 3.38. The molecule has 9 heteroatoms. The number of hydrogen-bond acceptors (Lipinski definition) is 6. The van der Waals surface area contributed by atoms with E-state index in [1.54, 1.807) is 13.2 Å². The lowest BCUT2D eigenvalue weighted by Crippen LogP contribution is -2.65. The van der Waals surface area contributed by atoms with Gasteiger partial charge in [0.1, 0.15) is 16.9 Å². The third kappa shape index (κ3) is 6.19. The maximum absolute atomic E-state index is 13.8. The molecule has 8 nitrogen and oxygen atoms in total. The van der Waals surface area contributed by atoms with Crippen LogP contribution in [0.5, 0.6) is 5.75 Å². The molecule has 1 aromatic heterocycles. The van der Waals surface area contributed by atoms with Crippen LogP contribution >= 0.6 is 0 Å². The van der Waals surface area contributed by atoms with Crippen molar-refractivity contribution >= 4 is 19.0 Å². The molecule has 3 aromatic rings. The molecule has 46 heavy (non-hydrogen) atoms. The molecular weight excluding hydrogens is 579 g/mol. The molecule has 0 radical (unpaired) electrons. The first kappa shape index (κ1) is 32.3. The van der Waals surface area contributed by atoms with Crippen LogP contribution in [-0.4, -0.2) is 49.4 Å². The van der Waals surface area contributed by atoms with Crippen molar-refractivity contribution in [2.45, 2.75) is 90.6 Å². The predicted molar refractivity (Wildman–Crippen MR) is 175 cm³/mol. The average molecular weight is 626 g/mol. The Balaban J connectivity index is 1.27. The van der Waals surface area contributed by atoms with Crippen LogP contribution in [0.2, 0.25) is 0 Å². The van der Waals surface area contributed by atoms with E-state index in [0.717, 1.165) is 24.0 Å². The minimum atomic E-state index is -0.669. The Morgan fingerprint density at radius 3 is 2.39 bits per heavy atom. The van der Waals surface area contributed by atoms with Crippen molar-refractivity contribution < 1.29 is 32.9 Å². The normalized spacial score (nSPS) is 25.2. The molecule has 5 unspecified atom stereocenters. The first-order valence-electron chi connectivity index (χ1n) is 16.3. The molecule has 3 saturated carbocycles. The van der Waals surface area contributed by atoms with E-state index < -0.39 is 30.2 Å². The molecule has 2 heterocycles. The van der Waals surface area contributed by atoms with Crippen LogP contribution < -0.4 is 14.6 Å². The van der Waals surface area contributed by atoms with Crippen molar-refractivity contribution in [3.63, 3.8) is 0 Å². The van der Waals surface area contributed by atoms with E-state index in [-0.39, 0.29) is 17.4 Å². The summed E-state index contributed by atoms with van der Waals surface area (Å²) in [6, 6.07) is 19.1. The predicted octanol–water partition coefficient (Wildman–Crippen LogP) is 5.59. The van der Waals surface area contributed by atoms with E-state index in [9.17, 15) is 9.59 Å². The first-order valence-corrected chi connectivity index (χ1v) is 16.3. The molecule has 1 amide bonds. The number of nitrogens with zero attached hydrogens (tertiary/aromatic N) is 1. The Hall–Kier alpha value is -3.69. The number of hydrogen-bond donors (Lipinski definition) is 1. The Morgan fingerprint density at radius 2 is 1.74 bits per heavy atom. The maximum Gasteiger partial charge on any atom is 0.482 e. The lowest BCUT2D eigenvalue weighted by molar-refractivity contribution is -0.688. The molecule has 5 atom stereocenters. The Kier molecular flexibility index (Phi) is 8.53. The highest BCUT2D eigenvalue weighted by atomic mass is 16.7. The summed E-state index contributed by atoms with van der Waals surface area (Å²) in [4.78, 5) is 26.9. The number of ether oxygens (including phenoxy) is 2. The summed E-state index contributed by atoms with van der Waals surface area (Å²) in [5, 5.41) is 3.24. The third-order valence-corrected chi connectivity index (χ3v) is 10.3. The van der Waals surface area contributed by atoms with Gasteiger partial charge in [-0.25, -0.2) is 9.36 Å². The van der Waals surface area contributed by atoms with E-state index >= 15 is 0 Å². The number of pyridine rings is 1. The van der Waals surface area contributed by atoms with Crippen molar-refractivity contribution in [2.75, 3.05) is 7.11 Å². The van der Waals surface area contributed by atoms with Crippen molar-refractivity contribution in [2.24, 2.45) is 17.3 Å². The van der Waals surface area contributed by atoms with Gasteiger partial charge in [-0.05, 0) is 88.0 Å². The van der Waals surface area contributed by atoms with Crippen molar-refractivity contribution in [1.29, 1.82) is 0 Å². The zero-order chi connectivity index (χ0) is 32.9. The van der Waals surface area contributed by atoms with Crippen molar-refractivity contribution in [3.05, 3.63) is 95.3 Å². The number of aromatic nitrogens is 1. The molecule has 242 valence electrons. The van der Waals surface area contributed by atoms with Gasteiger partial charge in [0.05, 0.1) is 24.8 Å². The highest BCUT2D eigenvalue weighted by Gasteiger charge is 2.68. The second-order valence-corrected chi connectivity index (χ2v) is 14.9. The van der Waals surface area contributed by atoms with Gasteiger partial charge in [0.15, 0.2) is 18.9 Å². The Bertz CT molecular complexity index is 1590. The summed E-state index contributed by atoms with van der Waals surface area (Å²) < 4.78 is 27.1. The van der Waals surface area contributed by atoms with Crippen LogP contribution in [0.3, 0.4) is 0 Å². The second-order valence-electron chi connectivity index (χ2n) is 14.9. The summed E-state index contributed by atoms with van der Waals surface area (Å²) in [5.41, 5.74) is 1.82. The molecule has 4 aliphatic rings. The standard InChI is InChI=1S/C37H45BN2O6/c1-35(2,3)44-34(42)28-13-11-12-26(32(28)43-7)20-31(38-45-30-22-27-21-29(36(27,4)5)37(30,6)46-38)39-33(41)25-16-14-24(15-17-25)23-40-18-9-8-10-19-40/h8-19,27,29-31H,20-23H2,1-7H3/p+1. The third-order valence-electron chi connectivity index (χ3n) is 10.3. The highest BCUT2D eigenvalue weighted by molar-refractivity contribution is 6.48.